The zero-order chi connectivity index (χ0) is 20.8. The Morgan fingerprint density at radius 2 is 2.00 bits per heavy atom. The number of benzene rings is 2. The molecule has 0 unspecified atom stereocenters. The van der Waals surface area contributed by atoms with Crippen LogP contribution in [0.1, 0.15) is 25.6 Å². The lowest BCUT2D eigenvalue weighted by atomic mass is 10.2. The number of nitrogens with one attached hydrogen (secondary N) is 1. The smallest absolute Gasteiger partial charge is 0.260 e. The molecule has 0 bridgehead atoms. The number of carbonyl (C=O) groups is 1. The molecule has 1 amide bonds. The van der Waals surface area contributed by atoms with Crippen LogP contribution >= 0.6 is 23.2 Å². The summed E-state index contributed by atoms with van der Waals surface area (Å²) >= 11 is 12.0. The summed E-state index contributed by atoms with van der Waals surface area (Å²) in [5, 5.41) is 1.36. The number of halogens is 2. The average Bonchev–Trinajstić information content (AvgIpc) is 2.71. The van der Waals surface area contributed by atoms with Gasteiger partial charge in [0.1, 0.15) is 11.6 Å². The number of nitrogens with zero attached hydrogens (tertiary/aromatic N) is 2. The van der Waals surface area contributed by atoms with Crippen LogP contribution in [0.3, 0.4) is 0 Å². The fourth-order valence-corrected chi connectivity index (χ4v) is 3.18. The van der Waals surface area contributed by atoms with Gasteiger partial charge in [0.05, 0.1) is 22.5 Å². The highest BCUT2D eigenvalue weighted by Gasteiger charge is 2.17. The summed E-state index contributed by atoms with van der Waals surface area (Å²) in [6.07, 6.45) is 1.74. The van der Waals surface area contributed by atoms with Gasteiger partial charge in [-0.15, -0.1) is 0 Å². The SMILES string of the molecule is CCCCN(Cc1nc2ccccc2c(=O)[nH]1)C(=O)COc1cc(Cl)ccc1Cl. The molecule has 152 valence electrons. The highest BCUT2D eigenvalue weighted by atomic mass is 35.5. The third-order valence-electron chi connectivity index (χ3n) is 4.38. The number of carbonyl (C=O) groups excluding carboxylic acids is 1. The average molecular weight is 434 g/mol. The first-order valence-corrected chi connectivity index (χ1v) is 10.1. The molecule has 0 aliphatic heterocycles. The number of hydrogen-bond acceptors (Lipinski definition) is 4. The van der Waals surface area contributed by atoms with Crippen LogP contribution in [0.25, 0.3) is 10.9 Å². The number of unbranched alkanes of at least 4 members (excludes halogenated alkanes) is 1. The van der Waals surface area contributed by atoms with Crippen molar-refractivity contribution in [1.82, 2.24) is 14.9 Å². The molecule has 0 saturated heterocycles. The Balaban J connectivity index is 1.76. The van der Waals surface area contributed by atoms with E-state index in [-0.39, 0.29) is 24.6 Å². The van der Waals surface area contributed by atoms with Crippen molar-refractivity contribution in [3.8, 4) is 5.75 Å². The minimum absolute atomic E-state index is 0.186. The van der Waals surface area contributed by atoms with Crippen molar-refractivity contribution in [2.45, 2.75) is 26.3 Å². The molecule has 29 heavy (non-hydrogen) atoms. The number of amides is 1. The quantitative estimate of drug-likeness (QED) is 0.569. The van der Waals surface area contributed by atoms with E-state index in [1.54, 1.807) is 41.3 Å². The van der Waals surface area contributed by atoms with Gasteiger partial charge in [0.2, 0.25) is 0 Å². The van der Waals surface area contributed by atoms with Gasteiger partial charge in [0, 0.05) is 17.6 Å². The summed E-state index contributed by atoms with van der Waals surface area (Å²) in [6.45, 7) is 2.56. The molecule has 0 atom stereocenters. The molecule has 8 heteroatoms. The second-order valence-corrected chi connectivity index (χ2v) is 7.41. The monoisotopic (exact) mass is 433 g/mol. The van der Waals surface area contributed by atoms with Gasteiger partial charge >= 0.3 is 0 Å². The molecule has 0 radical (unpaired) electrons. The summed E-state index contributed by atoms with van der Waals surface area (Å²) < 4.78 is 5.57. The molecule has 0 fully saturated rings. The third kappa shape index (κ3) is 5.49. The first kappa shape index (κ1) is 21.1. The molecule has 1 heterocycles. The highest BCUT2D eigenvalue weighted by molar-refractivity contribution is 6.34. The van der Waals surface area contributed by atoms with Crippen LogP contribution in [-0.4, -0.2) is 33.9 Å². The van der Waals surface area contributed by atoms with Crippen molar-refractivity contribution < 1.29 is 9.53 Å². The van der Waals surface area contributed by atoms with E-state index in [1.807, 2.05) is 13.0 Å². The minimum atomic E-state index is -0.231. The van der Waals surface area contributed by atoms with E-state index in [0.29, 0.717) is 39.1 Å². The Bertz CT molecular complexity index is 1070. The summed E-state index contributed by atoms with van der Waals surface area (Å²) in [4.78, 5) is 33.9. The highest BCUT2D eigenvalue weighted by Crippen LogP contribution is 2.27. The van der Waals surface area contributed by atoms with E-state index in [9.17, 15) is 9.59 Å². The molecule has 3 rings (SSSR count). The Kier molecular flexibility index (Phi) is 7.12. The van der Waals surface area contributed by atoms with Crippen molar-refractivity contribution in [2.75, 3.05) is 13.2 Å². The molecule has 2 aromatic carbocycles. The first-order valence-electron chi connectivity index (χ1n) is 9.31. The van der Waals surface area contributed by atoms with Crippen LogP contribution in [0.4, 0.5) is 0 Å². The molecule has 6 nitrogen and oxygen atoms in total. The number of aromatic nitrogens is 2. The summed E-state index contributed by atoms with van der Waals surface area (Å²) in [7, 11) is 0. The molecule has 0 aliphatic rings. The van der Waals surface area contributed by atoms with Crippen LogP contribution in [0, 0.1) is 0 Å². The molecule has 0 saturated carbocycles. The number of ether oxygens (including phenoxy) is 1. The zero-order valence-electron chi connectivity index (χ0n) is 16.0. The fraction of sp³-hybridized carbons (Fsp3) is 0.286. The van der Waals surface area contributed by atoms with Crippen LogP contribution in [0.15, 0.2) is 47.3 Å². The lowest BCUT2D eigenvalue weighted by Gasteiger charge is -2.22. The molecular formula is C21H21Cl2N3O3. The molecule has 3 aromatic rings. The zero-order valence-corrected chi connectivity index (χ0v) is 17.5. The summed E-state index contributed by atoms with van der Waals surface area (Å²) in [6, 6.07) is 11.9. The number of para-hydroxylation sites is 1. The first-order chi connectivity index (χ1) is 14.0. The Labute approximate surface area is 178 Å². The van der Waals surface area contributed by atoms with E-state index >= 15 is 0 Å². The van der Waals surface area contributed by atoms with Gasteiger partial charge in [-0.1, -0.05) is 48.7 Å². The van der Waals surface area contributed by atoms with E-state index in [4.69, 9.17) is 27.9 Å². The van der Waals surface area contributed by atoms with Gasteiger partial charge < -0.3 is 14.6 Å². The minimum Gasteiger partial charge on any atom is -0.482 e. The van der Waals surface area contributed by atoms with Gasteiger partial charge in [-0.05, 0) is 30.7 Å². The maximum atomic E-state index is 12.8. The molecule has 0 spiro atoms. The lowest BCUT2D eigenvalue weighted by molar-refractivity contribution is -0.134. The Hall–Kier alpha value is -2.57. The van der Waals surface area contributed by atoms with Gasteiger partial charge in [-0.3, -0.25) is 9.59 Å². The van der Waals surface area contributed by atoms with Gasteiger partial charge in [0.25, 0.3) is 11.5 Å². The second-order valence-electron chi connectivity index (χ2n) is 6.56. The molecular weight excluding hydrogens is 413 g/mol. The van der Waals surface area contributed by atoms with Crippen molar-refractivity contribution in [2.24, 2.45) is 0 Å². The van der Waals surface area contributed by atoms with E-state index in [2.05, 4.69) is 9.97 Å². The van der Waals surface area contributed by atoms with Crippen molar-refractivity contribution in [1.29, 1.82) is 0 Å². The molecule has 0 aliphatic carbocycles. The Morgan fingerprint density at radius 3 is 2.79 bits per heavy atom. The van der Waals surface area contributed by atoms with E-state index in [0.717, 1.165) is 12.8 Å². The maximum absolute atomic E-state index is 12.8. The number of rotatable bonds is 8. The van der Waals surface area contributed by atoms with Gasteiger partial charge in [-0.25, -0.2) is 4.98 Å². The van der Waals surface area contributed by atoms with Crippen molar-refractivity contribution in [3.05, 3.63) is 68.7 Å². The van der Waals surface area contributed by atoms with Crippen LogP contribution < -0.4 is 10.3 Å². The summed E-state index contributed by atoms with van der Waals surface area (Å²) in [5.41, 5.74) is 0.367. The van der Waals surface area contributed by atoms with E-state index < -0.39 is 0 Å². The third-order valence-corrected chi connectivity index (χ3v) is 4.93. The number of fused-ring (bicyclic) bond motifs is 1. The molecule has 1 aromatic heterocycles. The van der Waals surface area contributed by atoms with E-state index in [1.165, 1.54) is 0 Å². The van der Waals surface area contributed by atoms with Gasteiger partial charge in [-0.2, -0.15) is 0 Å². The predicted molar refractivity (Wildman–Crippen MR) is 115 cm³/mol. The largest absolute Gasteiger partial charge is 0.482 e. The predicted octanol–water partition coefficient (Wildman–Crippen LogP) is 4.44. The number of aromatic amines is 1. The second kappa shape index (κ2) is 9.76. The van der Waals surface area contributed by atoms with Crippen molar-refractivity contribution in [3.63, 3.8) is 0 Å². The molecule has 1 N–H and O–H groups in total. The number of H-pyrrole nitrogens is 1. The topological polar surface area (TPSA) is 75.3 Å². The van der Waals surface area contributed by atoms with Crippen molar-refractivity contribution >= 4 is 40.0 Å². The van der Waals surface area contributed by atoms with Gasteiger partial charge in [0.15, 0.2) is 6.61 Å². The van der Waals surface area contributed by atoms with Crippen LogP contribution in [-0.2, 0) is 11.3 Å². The lowest BCUT2D eigenvalue weighted by Crippen LogP contribution is -2.36. The van der Waals surface area contributed by atoms with Crippen LogP contribution in [0.5, 0.6) is 5.75 Å². The van der Waals surface area contributed by atoms with Crippen LogP contribution in [0.2, 0.25) is 10.0 Å². The maximum Gasteiger partial charge on any atom is 0.260 e. The normalized spacial score (nSPS) is 10.9. The number of hydrogen-bond donors (Lipinski definition) is 1. The fourth-order valence-electron chi connectivity index (χ4n) is 2.85. The standard InChI is InChI=1S/C21H21Cl2N3O3/c1-2-3-10-26(20(27)13-29-18-11-14(22)8-9-16(18)23)12-19-24-17-7-5-4-6-15(17)21(28)25-19/h4-9,11H,2-3,10,12-13H2,1H3,(H,24,25,28). The Morgan fingerprint density at radius 1 is 1.21 bits per heavy atom. The summed E-state index contributed by atoms with van der Waals surface area (Å²) in [5.74, 6) is 0.546.